The number of anilines is 2. The Bertz CT molecular complexity index is 825. The lowest BCUT2D eigenvalue weighted by Crippen LogP contribution is -2.41. The van der Waals surface area contributed by atoms with Crippen molar-refractivity contribution < 1.29 is 15.0 Å². The van der Waals surface area contributed by atoms with Gasteiger partial charge in [0.2, 0.25) is 0 Å². The van der Waals surface area contributed by atoms with Gasteiger partial charge in [0.1, 0.15) is 0 Å². The van der Waals surface area contributed by atoms with Crippen LogP contribution in [0, 0.1) is 0 Å². The molecule has 0 bridgehead atoms. The highest BCUT2D eigenvalue weighted by Gasteiger charge is 2.22. The van der Waals surface area contributed by atoms with Crippen molar-refractivity contribution in [1.82, 2.24) is 5.32 Å². The van der Waals surface area contributed by atoms with Crippen LogP contribution in [0.2, 0.25) is 0 Å². The van der Waals surface area contributed by atoms with Crippen LogP contribution in [0.25, 0.3) is 0 Å². The fourth-order valence-corrected chi connectivity index (χ4v) is 4.11. The largest absolute Gasteiger partial charge is 0.394 e. The van der Waals surface area contributed by atoms with Crippen molar-refractivity contribution in [1.29, 1.82) is 0 Å². The topological polar surface area (TPSA) is 84.8 Å². The summed E-state index contributed by atoms with van der Waals surface area (Å²) in [5.41, 5.74) is 2.36. The van der Waals surface area contributed by atoms with Gasteiger partial charge in [0.05, 0.1) is 24.3 Å². The van der Waals surface area contributed by atoms with Crippen LogP contribution in [0.15, 0.2) is 47.0 Å². The van der Waals surface area contributed by atoms with Crippen molar-refractivity contribution in [3.63, 3.8) is 0 Å². The number of piperidine rings is 1. The van der Waals surface area contributed by atoms with Crippen molar-refractivity contribution >= 4 is 46.0 Å². The first-order valence-corrected chi connectivity index (χ1v) is 11.0. The number of amides is 1. The Morgan fingerprint density at radius 2 is 2.03 bits per heavy atom. The molecule has 0 spiro atoms. The number of hydrogen-bond donors (Lipinski definition) is 4. The molecule has 0 saturated carbocycles. The molecule has 1 amide bonds. The maximum absolute atomic E-state index is 12.3. The lowest BCUT2D eigenvalue weighted by Gasteiger charge is -2.36. The zero-order chi connectivity index (χ0) is 21.5. The Hall–Kier alpha value is -1.93. The third-order valence-electron chi connectivity index (χ3n) is 5.39. The summed E-state index contributed by atoms with van der Waals surface area (Å²) in [6.07, 6.45) is 6.35. The van der Waals surface area contributed by atoms with Gasteiger partial charge in [-0.2, -0.15) is 0 Å². The smallest absolute Gasteiger partial charge is 0.252 e. The normalized spacial score (nSPS) is 20.3. The van der Waals surface area contributed by atoms with E-state index in [2.05, 4.69) is 15.5 Å². The van der Waals surface area contributed by atoms with Crippen LogP contribution < -0.4 is 15.5 Å². The van der Waals surface area contributed by atoms with Crippen LogP contribution in [0.4, 0.5) is 11.4 Å². The fourth-order valence-electron chi connectivity index (χ4n) is 3.68. The van der Waals surface area contributed by atoms with Crippen molar-refractivity contribution in [3.8, 4) is 0 Å². The Morgan fingerprint density at radius 1 is 1.27 bits per heavy atom. The predicted octanol–water partition coefficient (Wildman–Crippen LogP) is 2.75. The van der Waals surface area contributed by atoms with Crippen LogP contribution in [0.5, 0.6) is 0 Å². The second-order valence-electron chi connectivity index (χ2n) is 7.59. The lowest BCUT2D eigenvalue weighted by molar-refractivity contribution is -0.117. The molecule has 162 valence electrons. The van der Waals surface area contributed by atoms with E-state index in [0.29, 0.717) is 28.4 Å². The van der Waals surface area contributed by atoms with E-state index in [9.17, 15) is 15.0 Å². The SMILES string of the molecule is O=C(NCC(O)CNc1ccc(N2CCCCC2CO)cc1)C1=CC(Cl)=CCC1=S. The van der Waals surface area contributed by atoms with Gasteiger partial charge in [0, 0.05) is 47.3 Å². The highest BCUT2D eigenvalue weighted by molar-refractivity contribution is 7.81. The molecule has 1 saturated heterocycles. The van der Waals surface area contributed by atoms with Gasteiger partial charge in [-0.1, -0.05) is 29.9 Å². The lowest BCUT2D eigenvalue weighted by atomic mass is 10.0. The molecule has 1 aliphatic carbocycles. The van der Waals surface area contributed by atoms with Crippen LogP contribution in [-0.4, -0.2) is 59.4 Å². The van der Waals surface area contributed by atoms with Gasteiger partial charge in [0.25, 0.3) is 5.91 Å². The molecule has 1 aromatic rings. The van der Waals surface area contributed by atoms with E-state index in [1.165, 1.54) is 0 Å². The molecule has 6 nitrogen and oxygen atoms in total. The van der Waals surface area contributed by atoms with E-state index in [1.807, 2.05) is 24.3 Å². The second kappa shape index (κ2) is 10.9. The molecule has 30 heavy (non-hydrogen) atoms. The summed E-state index contributed by atoms with van der Waals surface area (Å²) in [4.78, 5) is 15.1. The molecule has 1 fully saturated rings. The van der Waals surface area contributed by atoms with Gasteiger partial charge >= 0.3 is 0 Å². The third kappa shape index (κ3) is 6.04. The number of aliphatic hydroxyl groups is 2. The first-order valence-electron chi connectivity index (χ1n) is 10.3. The summed E-state index contributed by atoms with van der Waals surface area (Å²) in [5, 5.41) is 26.2. The number of benzene rings is 1. The molecular formula is C22H28ClN3O3S. The number of carbonyl (C=O) groups is 1. The molecule has 2 atom stereocenters. The van der Waals surface area contributed by atoms with Crippen molar-refractivity contribution in [2.24, 2.45) is 0 Å². The fraction of sp³-hybridized carbons (Fsp3) is 0.455. The number of nitrogens with zero attached hydrogens (tertiary/aromatic N) is 1. The second-order valence-corrected chi connectivity index (χ2v) is 8.52. The molecule has 4 N–H and O–H groups in total. The molecule has 0 radical (unpaired) electrons. The zero-order valence-corrected chi connectivity index (χ0v) is 18.4. The molecule has 0 aromatic heterocycles. The number of aliphatic hydroxyl groups excluding tert-OH is 2. The summed E-state index contributed by atoms with van der Waals surface area (Å²) in [6.45, 7) is 1.53. The average molecular weight is 450 g/mol. The van der Waals surface area contributed by atoms with Crippen molar-refractivity contribution in [2.75, 3.05) is 36.5 Å². The van der Waals surface area contributed by atoms with Gasteiger partial charge in [-0.05, 0) is 49.6 Å². The van der Waals surface area contributed by atoms with Crippen LogP contribution in [-0.2, 0) is 4.79 Å². The third-order valence-corrected chi connectivity index (χ3v) is 6.04. The number of thiocarbonyl (C=S) groups is 1. The number of halogens is 1. The van der Waals surface area contributed by atoms with Crippen molar-refractivity contribution in [3.05, 3.63) is 47.0 Å². The first kappa shape index (κ1) is 22.7. The molecule has 2 unspecified atom stereocenters. The molecule has 1 aliphatic heterocycles. The summed E-state index contributed by atoms with van der Waals surface area (Å²) in [5.74, 6) is -0.324. The van der Waals surface area contributed by atoms with Crippen molar-refractivity contribution in [2.45, 2.75) is 37.8 Å². The monoisotopic (exact) mass is 449 g/mol. The minimum atomic E-state index is -0.752. The predicted molar refractivity (Wildman–Crippen MR) is 125 cm³/mol. The number of nitrogens with one attached hydrogen (secondary N) is 2. The number of rotatable bonds is 8. The van der Waals surface area contributed by atoms with E-state index in [-0.39, 0.29) is 25.1 Å². The minimum Gasteiger partial charge on any atom is -0.394 e. The molecule has 2 aliphatic rings. The molecule has 3 rings (SSSR count). The first-order chi connectivity index (χ1) is 14.5. The Labute approximate surface area is 187 Å². The summed E-state index contributed by atoms with van der Waals surface area (Å²) >= 11 is 11.1. The molecule has 1 aromatic carbocycles. The number of carbonyl (C=O) groups excluding carboxylic acids is 1. The summed E-state index contributed by atoms with van der Waals surface area (Å²) < 4.78 is 0. The Kier molecular flexibility index (Phi) is 8.27. The number of hydrogen-bond acceptors (Lipinski definition) is 6. The Morgan fingerprint density at radius 3 is 2.77 bits per heavy atom. The van der Waals surface area contributed by atoms with Gasteiger partial charge in [-0.3, -0.25) is 4.79 Å². The Balaban J connectivity index is 1.45. The molecule has 1 heterocycles. The van der Waals surface area contributed by atoms with E-state index in [1.54, 1.807) is 12.2 Å². The van der Waals surface area contributed by atoms with Crippen LogP contribution >= 0.6 is 23.8 Å². The van der Waals surface area contributed by atoms with E-state index < -0.39 is 6.10 Å². The zero-order valence-electron chi connectivity index (χ0n) is 16.8. The minimum absolute atomic E-state index is 0.108. The quantitative estimate of drug-likeness (QED) is 0.457. The van der Waals surface area contributed by atoms with Crippen LogP contribution in [0.1, 0.15) is 25.7 Å². The standard InChI is InChI=1S/C22H28ClN3O3S/c23-15-4-9-21(30)20(11-15)22(29)25-13-19(28)12-24-16-5-7-17(8-6-16)26-10-2-1-3-18(26)14-27/h4-8,11,18-19,24,27-28H,1-3,9-10,12-14H2,(H,25,29). The van der Waals surface area contributed by atoms with Gasteiger partial charge < -0.3 is 25.7 Å². The van der Waals surface area contributed by atoms with E-state index >= 15 is 0 Å². The highest BCUT2D eigenvalue weighted by Crippen LogP contribution is 2.26. The van der Waals surface area contributed by atoms with E-state index in [0.717, 1.165) is 37.2 Å². The summed E-state index contributed by atoms with van der Waals surface area (Å²) in [6, 6.07) is 8.16. The maximum atomic E-state index is 12.3. The van der Waals surface area contributed by atoms with E-state index in [4.69, 9.17) is 23.8 Å². The molecular weight excluding hydrogens is 422 g/mol. The maximum Gasteiger partial charge on any atom is 0.252 e. The average Bonchev–Trinajstić information content (AvgIpc) is 2.78. The van der Waals surface area contributed by atoms with Gasteiger partial charge in [0.15, 0.2) is 0 Å². The van der Waals surface area contributed by atoms with Crippen LogP contribution in [0.3, 0.4) is 0 Å². The molecule has 8 heteroatoms. The summed E-state index contributed by atoms with van der Waals surface area (Å²) in [7, 11) is 0. The highest BCUT2D eigenvalue weighted by atomic mass is 35.5. The van der Waals surface area contributed by atoms with Gasteiger partial charge in [-0.25, -0.2) is 0 Å². The van der Waals surface area contributed by atoms with Gasteiger partial charge in [-0.15, -0.1) is 0 Å². The number of allylic oxidation sites excluding steroid dienone is 3.